The first-order valence-electron chi connectivity index (χ1n) is 6.65. The molecule has 0 unspecified atom stereocenters. The van der Waals surface area contributed by atoms with Crippen molar-refractivity contribution >= 4 is 21.5 Å². The molecule has 1 fully saturated rings. The Balaban J connectivity index is 2.15. The summed E-state index contributed by atoms with van der Waals surface area (Å²) in [5, 5.41) is 3.21. The van der Waals surface area contributed by atoms with Gasteiger partial charge >= 0.3 is 5.97 Å². The SMILES string of the molecule is COC(=O)c1cccc2c1S(=O)(=O)CC1(CCC1)CN2. The summed E-state index contributed by atoms with van der Waals surface area (Å²) < 4.78 is 30.1. The molecule has 20 heavy (non-hydrogen) atoms. The number of methoxy groups -OCH3 is 1. The summed E-state index contributed by atoms with van der Waals surface area (Å²) in [6.07, 6.45) is 2.90. The van der Waals surface area contributed by atoms with Crippen molar-refractivity contribution in [1.29, 1.82) is 0 Å². The molecule has 0 amide bonds. The molecule has 1 N–H and O–H groups in total. The number of hydrogen-bond donors (Lipinski definition) is 1. The van der Waals surface area contributed by atoms with Crippen LogP contribution in [0.25, 0.3) is 0 Å². The molecule has 1 aromatic rings. The van der Waals surface area contributed by atoms with Crippen LogP contribution >= 0.6 is 0 Å². The number of ether oxygens (including phenoxy) is 1. The minimum absolute atomic E-state index is 0.0932. The average molecular weight is 295 g/mol. The Morgan fingerprint density at radius 2 is 2.10 bits per heavy atom. The number of hydrogen-bond acceptors (Lipinski definition) is 5. The quantitative estimate of drug-likeness (QED) is 0.800. The lowest BCUT2D eigenvalue weighted by Crippen LogP contribution is -2.40. The lowest BCUT2D eigenvalue weighted by atomic mass is 9.70. The van der Waals surface area contributed by atoms with Gasteiger partial charge in [-0.05, 0) is 25.0 Å². The molecule has 1 saturated carbocycles. The standard InChI is InChI=1S/C14H17NO4S/c1-19-13(16)10-4-2-5-11-12(10)20(17,18)9-14(8-15-11)6-3-7-14/h2,4-5,15H,3,6-9H2,1H3. The van der Waals surface area contributed by atoms with Crippen molar-refractivity contribution in [2.75, 3.05) is 24.7 Å². The van der Waals surface area contributed by atoms with Crippen LogP contribution in [0.2, 0.25) is 0 Å². The molecular formula is C14H17NO4S. The van der Waals surface area contributed by atoms with Crippen LogP contribution in [0.15, 0.2) is 23.1 Å². The van der Waals surface area contributed by atoms with E-state index in [9.17, 15) is 13.2 Å². The molecule has 3 rings (SSSR count). The van der Waals surface area contributed by atoms with Crippen LogP contribution in [-0.2, 0) is 14.6 Å². The second-order valence-corrected chi connectivity index (χ2v) is 7.57. The number of carbonyl (C=O) groups is 1. The topological polar surface area (TPSA) is 72.5 Å². The summed E-state index contributed by atoms with van der Waals surface area (Å²) in [4.78, 5) is 11.9. The summed E-state index contributed by atoms with van der Waals surface area (Å²) in [7, 11) is -2.24. The van der Waals surface area contributed by atoms with Crippen molar-refractivity contribution in [3.8, 4) is 0 Å². The molecule has 0 radical (unpaired) electrons. The van der Waals surface area contributed by atoms with Gasteiger partial charge in [0, 0.05) is 12.0 Å². The van der Waals surface area contributed by atoms with Crippen molar-refractivity contribution in [2.45, 2.75) is 24.2 Å². The van der Waals surface area contributed by atoms with Crippen molar-refractivity contribution in [1.82, 2.24) is 0 Å². The molecule has 1 heterocycles. The molecule has 0 aromatic heterocycles. The van der Waals surface area contributed by atoms with E-state index in [4.69, 9.17) is 4.74 Å². The van der Waals surface area contributed by atoms with E-state index in [1.807, 2.05) is 0 Å². The zero-order valence-corrected chi connectivity index (χ0v) is 12.1. The van der Waals surface area contributed by atoms with Gasteiger partial charge in [-0.1, -0.05) is 12.5 Å². The average Bonchev–Trinajstić information content (AvgIpc) is 2.52. The van der Waals surface area contributed by atoms with E-state index in [-0.39, 0.29) is 21.6 Å². The van der Waals surface area contributed by atoms with Crippen molar-refractivity contribution in [2.24, 2.45) is 5.41 Å². The molecule has 5 nitrogen and oxygen atoms in total. The maximum Gasteiger partial charge on any atom is 0.339 e. The van der Waals surface area contributed by atoms with Crippen LogP contribution in [0.5, 0.6) is 0 Å². The van der Waals surface area contributed by atoms with Crippen LogP contribution in [0, 0.1) is 5.41 Å². The monoisotopic (exact) mass is 295 g/mol. The Bertz CT molecular complexity index is 662. The van der Waals surface area contributed by atoms with Crippen molar-refractivity contribution in [3.05, 3.63) is 23.8 Å². The van der Waals surface area contributed by atoms with Gasteiger partial charge in [0.05, 0.1) is 24.1 Å². The van der Waals surface area contributed by atoms with Gasteiger partial charge in [0.1, 0.15) is 4.90 Å². The Labute approximate surface area is 118 Å². The highest BCUT2D eigenvalue weighted by molar-refractivity contribution is 7.91. The molecule has 0 bridgehead atoms. The largest absolute Gasteiger partial charge is 0.465 e. The molecule has 108 valence electrons. The molecule has 1 aromatic carbocycles. The van der Waals surface area contributed by atoms with Crippen LogP contribution < -0.4 is 5.32 Å². The zero-order valence-electron chi connectivity index (χ0n) is 11.3. The Hall–Kier alpha value is -1.56. The minimum Gasteiger partial charge on any atom is -0.465 e. The predicted molar refractivity (Wildman–Crippen MR) is 74.6 cm³/mol. The number of sulfone groups is 1. The lowest BCUT2D eigenvalue weighted by Gasteiger charge is -2.40. The molecular weight excluding hydrogens is 278 g/mol. The third-order valence-corrected chi connectivity index (χ3v) is 6.35. The highest BCUT2D eigenvalue weighted by atomic mass is 32.2. The van der Waals surface area contributed by atoms with E-state index in [0.717, 1.165) is 19.3 Å². The number of carbonyl (C=O) groups excluding carboxylic acids is 1. The van der Waals surface area contributed by atoms with Gasteiger partial charge in [-0.25, -0.2) is 13.2 Å². The predicted octanol–water partition coefficient (Wildman–Crippen LogP) is 1.84. The van der Waals surface area contributed by atoms with Gasteiger partial charge in [-0.15, -0.1) is 0 Å². The van der Waals surface area contributed by atoms with Gasteiger partial charge in [-0.2, -0.15) is 0 Å². The maximum atomic E-state index is 12.7. The first kappa shape index (κ1) is 13.4. The van der Waals surface area contributed by atoms with Gasteiger partial charge in [0.2, 0.25) is 0 Å². The van der Waals surface area contributed by atoms with Crippen molar-refractivity contribution in [3.63, 3.8) is 0 Å². The fourth-order valence-electron chi connectivity index (χ4n) is 3.09. The number of fused-ring (bicyclic) bond motifs is 1. The molecule has 0 saturated heterocycles. The smallest absolute Gasteiger partial charge is 0.339 e. The van der Waals surface area contributed by atoms with E-state index in [0.29, 0.717) is 12.2 Å². The Morgan fingerprint density at radius 1 is 1.35 bits per heavy atom. The number of rotatable bonds is 1. The minimum atomic E-state index is -3.50. The number of anilines is 1. The van der Waals surface area contributed by atoms with Gasteiger partial charge in [0.25, 0.3) is 0 Å². The van der Waals surface area contributed by atoms with Gasteiger partial charge in [-0.3, -0.25) is 0 Å². The zero-order chi connectivity index (χ0) is 14.4. The summed E-state index contributed by atoms with van der Waals surface area (Å²) in [6, 6.07) is 4.88. The van der Waals surface area contributed by atoms with Crippen LogP contribution in [0.3, 0.4) is 0 Å². The third-order valence-electron chi connectivity index (χ3n) is 4.30. The Morgan fingerprint density at radius 3 is 2.70 bits per heavy atom. The summed E-state index contributed by atoms with van der Waals surface area (Å²) >= 11 is 0. The summed E-state index contributed by atoms with van der Waals surface area (Å²) in [5.74, 6) is -0.509. The number of esters is 1. The van der Waals surface area contributed by atoms with Gasteiger partial charge < -0.3 is 10.1 Å². The van der Waals surface area contributed by atoms with Crippen LogP contribution in [0.4, 0.5) is 5.69 Å². The molecule has 2 aliphatic rings. The first-order chi connectivity index (χ1) is 9.47. The highest BCUT2D eigenvalue weighted by Crippen LogP contribution is 2.46. The van der Waals surface area contributed by atoms with Crippen molar-refractivity contribution < 1.29 is 17.9 Å². The number of nitrogens with one attached hydrogen (secondary N) is 1. The third kappa shape index (κ3) is 1.98. The highest BCUT2D eigenvalue weighted by Gasteiger charge is 2.44. The van der Waals surface area contributed by atoms with E-state index in [1.54, 1.807) is 12.1 Å². The fraction of sp³-hybridized carbons (Fsp3) is 0.500. The number of benzene rings is 1. The van der Waals surface area contributed by atoms with Crippen LogP contribution in [-0.4, -0.2) is 33.8 Å². The molecule has 1 spiro atoms. The lowest BCUT2D eigenvalue weighted by molar-refractivity contribution is 0.0596. The first-order valence-corrected chi connectivity index (χ1v) is 8.31. The van der Waals surface area contributed by atoms with E-state index in [1.165, 1.54) is 13.2 Å². The Kier molecular flexibility index (Phi) is 3.01. The van der Waals surface area contributed by atoms with Gasteiger partial charge in [0.15, 0.2) is 9.84 Å². The summed E-state index contributed by atoms with van der Waals surface area (Å²) in [5.41, 5.74) is 0.455. The molecule has 1 aliphatic heterocycles. The summed E-state index contributed by atoms with van der Waals surface area (Å²) in [6.45, 7) is 0.643. The molecule has 0 atom stereocenters. The van der Waals surface area contributed by atoms with E-state index < -0.39 is 15.8 Å². The second kappa shape index (κ2) is 4.48. The fourth-order valence-corrected chi connectivity index (χ4v) is 5.39. The van der Waals surface area contributed by atoms with Crippen LogP contribution in [0.1, 0.15) is 29.6 Å². The van der Waals surface area contributed by atoms with E-state index >= 15 is 0 Å². The van der Waals surface area contributed by atoms with E-state index in [2.05, 4.69) is 5.32 Å². The second-order valence-electron chi connectivity index (χ2n) is 5.64. The molecule has 1 aliphatic carbocycles. The normalized spacial score (nSPS) is 22.1. The maximum absolute atomic E-state index is 12.7. The molecule has 6 heteroatoms.